The van der Waals surface area contributed by atoms with Crippen LogP contribution >= 0.6 is 0 Å². The van der Waals surface area contributed by atoms with E-state index in [0.29, 0.717) is 37.5 Å². The van der Waals surface area contributed by atoms with Crippen molar-refractivity contribution in [1.29, 1.82) is 0 Å². The minimum atomic E-state index is 0.226. The highest BCUT2D eigenvalue weighted by molar-refractivity contribution is 5.81. The zero-order valence-electron chi connectivity index (χ0n) is 13.2. The molecule has 0 spiro atoms. The average molecular weight is 303 g/mol. The second-order valence-corrected chi connectivity index (χ2v) is 6.25. The first-order valence-electron chi connectivity index (χ1n) is 8.39. The van der Waals surface area contributed by atoms with E-state index in [-0.39, 0.29) is 5.92 Å². The average Bonchev–Trinajstić information content (AvgIpc) is 2.87. The minimum absolute atomic E-state index is 0.226. The Labute approximate surface area is 132 Å². The van der Waals surface area contributed by atoms with Crippen LogP contribution < -0.4 is 14.8 Å². The number of carbonyl (C=O) groups is 1. The summed E-state index contributed by atoms with van der Waals surface area (Å²) in [4.78, 5) is 12.4. The van der Waals surface area contributed by atoms with Crippen molar-refractivity contribution in [3.8, 4) is 11.5 Å². The number of ketones is 1. The van der Waals surface area contributed by atoms with Crippen LogP contribution in [-0.2, 0) is 4.79 Å². The van der Waals surface area contributed by atoms with Gasteiger partial charge in [-0.15, -0.1) is 0 Å². The third-order valence-corrected chi connectivity index (χ3v) is 4.68. The van der Waals surface area contributed by atoms with Gasteiger partial charge in [-0.25, -0.2) is 0 Å². The van der Waals surface area contributed by atoms with Crippen LogP contribution in [0.5, 0.6) is 11.5 Å². The fraction of sp³-hybridized carbons (Fsp3) is 0.611. The number of ether oxygens (including phenoxy) is 2. The summed E-state index contributed by atoms with van der Waals surface area (Å²) in [6, 6.07) is 8.75. The van der Waals surface area contributed by atoms with Gasteiger partial charge in [-0.2, -0.15) is 0 Å². The fourth-order valence-electron chi connectivity index (χ4n) is 3.63. The molecule has 2 unspecified atom stereocenters. The molecule has 4 nitrogen and oxygen atoms in total. The van der Waals surface area contributed by atoms with E-state index < -0.39 is 0 Å². The van der Waals surface area contributed by atoms with E-state index in [1.54, 1.807) is 0 Å². The molecule has 2 saturated heterocycles. The van der Waals surface area contributed by atoms with Gasteiger partial charge in [0.15, 0.2) is 11.5 Å². The van der Waals surface area contributed by atoms with E-state index >= 15 is 0 Å². The highest BCUT2D eigenvalue weighted by Crippen LogP contribution is 2.32. The van der Waals surface area contributed by atoms with E-state index in [4.69, 9.17) is 9.47 Å². The number of hydrogen-bond donors (Lipinski definition) is 1. The molecular formula is C18H25NO3. The molecule has 2 aliphatic rings. The Morgan fingerprint density at radius 2 is 1.77 bits per heavy atom. The first-order chi connectivity index (χ1) is 10.8. The Bertz CT molecular complexity index is 505. The zero-order chi connectivity index (χ0) is 15.4. The molecule has 1 N–H and O–H groups in total. The quantitative estimate of drug-likeness (QED) is 0.841. The van der Waals surface area contributed by atoms with Crippen molar-refractivity contribution in [2.75, 3.05) is 13.2 Å². The van der Waals surface area contributed by atoms with Crippen LogP contribution in [0, 0.1) is 5.92 Å². The Morgan fingerprint density at radius 1 is 1.14 bits per heavy atom. The monoisotopic (exact) mass is 303 g/mol. The van der Waals surface area contributed by atoms with Crippen molar-refractivity contribution in [2.45, 2.75) is 51.1 Å². The lowest BCUT2D eigenvalue weighted by Crippen LogP contribution is -2.40. The van der Waals surface area contributed by atoms with Crippen molar-refractivity contribution in [2.24, 2.45) is 5.92 Å². The predicted molar refractivity (Wildman–Crippen MR) is 85.4 cm³/mol. The summed E-state index contributed by atoms with van der Waals surface area (Å²) in [5.74, 6) is 2.05. The number of piperidine rings is 1. The molecule has 2 aliphatic heterocycles. The van der Waals surface area contributed by atoms with Gasteiger partial charge in [0.2, 0.25) is 0 Å². The Hall–Kier alpha value is -1.55. The normalized spacial score (nSPS) is 26.7. The Kier molecular flexibility index (Phi) is 4.98. The van der Waals surface area contributed by atoms with E-state index in [1.807, 2.05) is 31.2 Å². The summed E-state index contributed by atoms with van der Waals surface area (Å²) in [5.41, 5.74) is 0. The van der Waals surface area contributed by atoms with E-state index in [0.717, 1.165) is 24.3 Å². The van der Waals surface area contributed by atoms with Gasteiger partial charge in [-0.05, 0) is 44.7 Å². The van der Waals surface area contributed by atoms with Crippen LogP contribution in [0.2, 0.25) is 0 Å². The summed E-state index contributed by atoms with van der Waals surface area (Å²) < 4.78 is 11.3. The number of rotatable bonds is 7. The highest BCUT2D eigenvalue weighted by atomic mass is 16.5. The molecule has 22 heavy (non-hydrogen) atoms. The van der Waals surface area contributed by atoms with Gasteiger partial charge >= 0.3 is 0 Å². The maximum atomic E-state index is 12.4. The lowest BCUT2D eigenvalue weighted by molar-refractivity contribution is -0.124. The molecule has 0 aromatic heterocycles. The van der Waals surface area contributed by atoms with E-state index in [1.165, 1.54) is 12.8 Å². The largest absolute Gasteiger partial charge is 0.490 e. The third kappa shape index (κ3) is 3.61. The molecule has 0 saturated carbocycles. The second-order valence-electron chi connectivity index (χ2n) is 6.25. The van der Waals surface area contributed by atoms with Crippen molar-refractivity contribution >= 4 is 5.78 Å². The smallest absolute Gasteiger partial charge is 0.161 e. The summed E-state index contributed by atoms with van der Waals surface area (Å²) in [6.07, 6.45) is 4.96. The first kappa shape index (κ1) is 15.3. The van der Waals surface area contributed by atoms with Crippen LogP contribution in [0.3, 0.4) is 0 Å². The van der Waals surface area contributed by atoms with Gasteiger partial charge in [0.25, 0.3) is 0 Å². The maximum Gasteiger partial charge on any atom is 0.161 e. The van der Waals surface area contributed by atoms with Crippen molar-refractivity contribution in [1.82, 2.24) is 5.32 Å². The molecule has 2 heterocycles. The Morgan fingerprint density at radius 3 is 2.41 bits per heavy atom. The van der Waals surface area contributed by atoms with Crippen LogP contribution in [0.15, 0.2) is 24.3 Å². The molecule has 3 rings (SSSR count). The fourth-order valence-corrected chi connectivity index (χ4v) is 3.63. The zero-order valence-corrected chi connectivity index (χ0v) is 13.2. The molecule has 0 radical (unpaired) electrons. The predicted octanol–water partition coefficient (Wildman–Crippen LogP) is 2.95. The molecule has 4 heteroatoms. The van der Waals surface area contributed by atoms with E-state index in [9.17, 15) is 4.79 Å². The molecule has 0 aliphatic carbocycles. The maximum absolute atomic E-state index is 12.4. The topological polar surface area (TPSA) is 47.6 Å². The van der Waals surface area contributed by atoms with Gasteiger partial charge in [0.05, 0.1) is 13.2 Å². The van der Waals surface area contributed by atoms with Gasteiger partial charge in [-0.3, -0.25) is 4.79 Å². The lowest BCUT2D eigenvalue weighted by atomic mass is 9.88. The number of fused-ring (bicyclic) bond motifs is 2. The van der Waals surface area contributed by atoms with Crippen LogP contribution in [0.25, 0.3) is 0 Å². The molecule has 120 valence electrons. The van der Waals surface area contributed by atoms with Crippen LogP contribution in [0.1, 0.15) is 39.0 Å². The molecule has 0 amide bonds. The van der Waals surface area contributed by atoms with Crippen molar-refractivity contribution < 1.29 is 14.3 Å². The molecule has 1 aromatic rings. The summed E-state index contributed by atoms with van der Waals surface area (Å²) >= 11 is 0. The third-order valence-electron chi connectivity index (χ3n) is 4.68. The van der Waals surface area contributed by atoms with Crippen LogP contribution in [-0.4, -0.2) is 31.1 Å². The molecule has 2 atom stereocenters. The lowest BCUT2D eigenvalue weighted by Gasteiger charge is -2.28. The van der Waals surface area contributed by atoms with Crippen molar-refractivity contribution in [3.05, 3.63) is 24.3 Å². The molecule has 2 bridgehead atoms. The van der Waals surface area contributed by atoms with Crippen molar-refractivity contribution in [3.63, 3.8) is 0 Å². The van der Waals surface area contributed by atoms with Gasteiger partial charge in [0, 0.05) is 24.4 Å². The molecule has 2 fully saturated rings. The van der Waals surface area contributed by atoms with E-state index in [2.05, 4.69) is 5.32 Å². The number of nitrogens with one attached hydrogen (secondary N) is 1. The summed E-state index contributed by atoms with van der Waals surface area (Å²) in [5, 5.41) is 3.58. The highest BCUT2D eigenvalue weighted by Gasteiger charge is 2.36. The summed E-state index contributed by atoms with van der Waals surface area (Å²) in [6.45, 7) is 2.99. The van der Waals surface area contributed by atoms with Gasteiger partial charge in [-0.1, -0.05) is 12.1 Å². The van der Waals surface area contributed by atoms with Crippen LogP contribution in [0.4, 0.5) is 0 Å². The van der Waals surface area contributed by atoms with Gasteiger partial charge < -0.3 is 14.8 Å². The summed E-state index contributed by atoms with van der Waals surface area (Å²) in [7, 11) is 0. The molecule has 1 aromatic carbocycles. The number of carbonyl (C=O) groups excluding carboxylic acids is 1. The Balaban J connectivity index is 1.48. The second kappa shape index (κ2) is 7.14. The standard InChI is InChI=1S/C18H25NO3/c1-2-21-17-5-3-4-6-18(17)22-10-9-16(20)13-11-14-7-8-15(12-13)19-14/h3-6,13-15,19H,2,7-12H2,1H3. The van der Waals surface area contributed by atoms with Gasteiger partial charge in [0.1, 0.15) is 5.78 Å². The number of hydrogen-bond acceptors (Lipinski definition) is 4. The number of benzene rings is 1. The molecular weight excluding hydrogens is 278 g/mol. The number of para-hydroxylation sites is 2. The first-order valence-corrected chi connectivity index (χ1v) is 8.39. The number of Topliss-reactive ketones (excluding diaryl/α,β-unsaturated/α-hetero) is 1. The minimum Gasteiger partial charge on any atom is -0.490 e. The SMILES string of the molecule is CCOc1ccccc1OCCC(=O)C1CC2CCC(C1)N2.